The van der Waals surface area contributed by atoms with Gasteiger partial charge in [0.2, 0.25) is 0 Å². The van der Waals surface area contributed by atoms with Crippen LogP contribution in [0.1, 0.15) is 28.4 Å². The van der Waals surface area contributed by atoms with E-state index in [1.54, 1.807) is 18.2 Å². The SMILES string of the molecule is CC(=O)c1ccc(OCc2cccc(I)c2)cc1C#N. The maximum atomic E-state index is 11.4. The Hall–Kier alpha value is -1.87. The summed E-state index contributed by atoms with van der Waals surface area (Å²) in [5, 5.41) is 9.05. The minimum absolute atomic E-state index is 0.120. The van der Waals surface area contributed by atoms with Gasteiger partial charge in [0.05, 0.1) is 5.56 Å². The van der Waals surface area contributed by atoms with E-state index < -0.39 is 0 Å². The van der Waals surface area contributed by atoms with Gasteiger partial charge >= 0.3 is 0 Å². The van der Waals surface area contributed by atoms with E-state index in [1.807, 2.05) is 30.3 Å². The lowest BCUT2D eigenvalue weighted by Crippen LogP contribution is -2.00. The number of benzene rings is 2. The maximum absolute atomic E-state index is 11.4. The summed E-state index contributed by atoms with van der Waals surface area (Å²) in [4.78, 5) is 11.4. The molecule has 0 fully saturated rings. The molecule has 0 amide bonds. The van der Waals surface area contributed by atoms with Crippen molar-refractivity contribution in [3.8, 4) is 11.8 Å². The standard InChI is InChI=1S/C16H12INO2/c1-11(19)16-6-5-15(8-13(16)9-18)20-10-12-3-2-4-14(17)7-12/h2-8H,10H2,1H3. The Kier molecular flexibility index (Phi) is 4.74. The highest BCUT2D eigenvalue weighted by Gasteiger charge is 2.08. The average Bonchev–Trinajstić information content (AvgIpc) is 2.44. The first-order valence-corrected chi connectivity index (χ1v) is 7.10. The van der Waals surface area contributed by atoms with Crippen molar-refractivity contribution in [3.63, 3.8) is 0 Å². The van der Waals surface area contributed by atoms with Gasteiger partial charge in [-0.05, 0) is 65.4 Å². The largest absolute Gasteiger partial charge is 0.489 e. The van der Waals surface area contributed by atoms with Crippen LogP contribution in [0.5, 0.6) is 5.75 Å². The summed E-state index contributed by atoms with van der Waals surface area (Å²) >= 11 is 2.25. The Bertz CT molecular complexity index is 689. The van der Waals surface area contributed by atoms with Crippen LogP contribution < -0.4 is 4.74 Å². The second-order valence-corrected chi connectivity index (χ2v) is 5.54. The van der Waals surface area contributed by atoms with Gasteiger partial charge in [0.15, 0.2) is 5.78 Å². The van der Waals surface area contributed by atoms with Gasteiger partial charge in [-0.25, -0.2) is 0 Å². The smallest absolute Gasteiger partial charge is 0.161 e. The van der Waals surface area contributed by atoms with Crippen molar-refractivity contribution in [1.29, 1.82) is 5.26 Å². The molecule has 0 unspecified atom stereocenters. The zero-order valence-corrected chi connectivity index (χ0v) is 13.0. The fourth-order valence-electron chi connectivity index (χ4n) is 1.81. The Morgan fingerprint density at radius 2 is 2.10 bits per heavy atom. The molecule has 0 N–H and O–H groups in total. The number of nitriles is 1. The van der Waals surface area contributed by atoms with E-state index in [0.717, 1.165) is 9.13 Å². The number of ketones is 1. The molecule has 0 saturated carbocycles. The third-order valence-corrected chi connectivity index (χ3v) is 3.46. The van der Waals surface area contributed by atoms with E-state index in [-0.39, 0.29) is 5.78 Å². The van der Waals surface area contributed by atoms with E-state index >= 15 is 0 Å². The van der Waals surface area contributed by atoms with Crippen LogP contribution in [-0.2, 0) is 6.61 Å². The van der Waals surface area contributed by atoms with E-state index in [1.165, 1.54) is 6.92 Å². The van der Waals surface area contributed by atoms with Crippen LogP contribution >= 0.6 is 22.6 Å². The maximum Gasteiger partial charge on any atom is 0.161 e. The van der Waals surface area contributed by atoms with Crippen LogP contribution in [0.2, 0.25) is 0 Å². The lowest BCUT2D eigenvalue weighted by Gasteiger charge is -2.08. The summed E-state index contributed by atoms with van der Waals surface area (Å²) in [6.07, 6.45) is 0. The number of ether oxygens (including phenoxy) is 1. The normalized spacial score (nSPS) is 9.85. The fraction of sp³-hybridized carbons (Fsp3) is 0.125. The third kappa shape index (κ3) is 3.58. The molecular formula is C16H12INO2. The minimum Gasteiger partial charge on any atom is -0.489 e. The number of hydrogen-bond acceptors (Lipinski definition) is 3. The molecule has 0 aliphatic rings. The average molecular weight is 377 g/mol. The monoisotopic (exact) mass is 377 g/mol. The predicted molar refractivity (Wildman–Crippen MR) is 84.7 cm³/mol. The van der Waals surface area contributed by atoms with Crippen molar-refractivity contribution < 1.29 is 9.53 Å². The number of hydrogen-bond donors (Lipinski definition) is 0. The number of carbonyl (C=O) groups excluding carboxylic acids is 1. The van der Waals surface area contributed by atoms with E-state index in [2.05, 4.69) is 22.6 Å². The second-order valence-electron chi connectivity index (χ2n) is 4.29. The Morgan fingerprint density at radius 3 is 2.75 bits per heavy atom. The first-order valence-electron chi connectivity index (χ1n) is 6.02. The molecule has 0 bridgehead atoms. The molecule has 3 nitrogen and oxygen atoms in total. The van der Waals surface area contributed by atoms with Crippen molar-refractivity contribution in [2.24, 2.45) is 0 Å². The quantitative estimate of drug-likeness (QED) is 0.599. The zero-order valence-electron chi connectivity index (χ0n) is 10.9. The van der Waals surface area contributed by atoms with Gasteiger partial charge in [-0.1, -0.05) is 12.1 Å². The lowest BCUT2D eigenvalue weighted by atomic mass is 10.1. The van der Waals surface area contributed by atoms with Gasteiger partial charge in [0, 0.05) is 9.13 Å². The fourth-order valence-corrected chi connectivity index (χ4v) is 2.41. The molecular weight excluding hydrogens is 365 g/mol. The van der Waals surface area contributed by atoms with E-state index in [0.29, 0.717) is 23.5 Å². The van der Waals surface area contributed by atoms with Crippen LogP contribution in [0.15, 0.2) is 42.5 Å². The zero-order chi connectivity index (χ0) is 14.5. The molecule has 0 saturated heterocycles. The van der Waals surface area contributed by atoms with Crippen LogP contribution in [0.3, 0.4) is 0 Å². The van der Waals surface area contributed by atoms with E-state index in [4.69, 9.17) is 10.00 Å². The minimum atomic E-state index is -0.120. The summed E-state index contributed by atoms with van der Waals surface area (Å²) in [5.41, 5.74) is 1.83. The molecule has 0 aromatic heterocycles. The van der Waals surface area contributed by atoms with Crippen LogP contribution in [0.25, 0.3) is 0 Å². The molecule has 0 radical (unpaired) electrons. The summed E-state index contributed by atoms with van der Waals surface area (Å²) in [7, 11) is 0. The molecule has 2 aromatic rings. The second kappa shape index (κ2) is 6.53. The molecule has 0 spiro atoms. The first kappa shape index (κ1) is 14.5. The van der Waals surface area contributed by atoms with Gasteiger partial charge in [0.25, 0.3) is 0 Å². The summed E-state index contributed by atoms with van der Waals surface area (Å²) in [5.74, 6) is 0.469. The molecule has 4 heteroatoms. The summed E-state index contributed by atoms with van der Waals surface area (Å²) in [6, 6.07) is 15.0. The lowest BCUT2D eigenvalue weighted by molar-refractivity contribution is 0.101. The first-order chi connectivity index (χ1) is 9.60. The Balaban J connectivity index is 2.15. The molecule has 2 rings (SSSR count). The predicted octanol–water partition coefficient (Wildman–Crippen LogP) is 3.94. The molecule has 0 heterocycles. The Morgan fingerprint density at radius 1 is 1.30 bits per heavy atom. The van der Waals surface area contributed by atoms with Crippen LogP contribution in [0.4, 0.5) is 0 Å². The number of carbonyl (C=O) groups is 1. The highest BCUT2D eigenvalue weighted by Crippen LogP contribution is 2.19. The Labute approximate surface area is 131 Å². The van der Waals surface area contributed by atoms with Crippen LogP contribution in [-0.4, -0.2) is 5.78 Å². The topological polar surface area (TPSA) is 50.1 Å². The molecule has 0 atom stereocenters. The van der Waals surface area contributed by atoms with Crippen molar-refractivity contribution in [2.45, 2.75) is 13.5 Å². The van der Waals surface area contributed by atoms with Gasteiger partial charge in [-0.2, -0.15) is 5.26 Å². The van der Waals surface area contributed by atoms with Gasteiger partial charge in [-0.15, -0.1) is 0 Å². The van der Waals surface area contributed by atoms with Crippen molar-refractivity contribution in [1.82, 2.24) is 0 Å². The third-order valence-electron chi connectivity index (χ3n) is 2.79. The van der Waals surface area contributed by atoms with Crippen molar-refractivity contribution >= 4 is 28.4 Å². The van der Waals surface area contributed by atoms with Crippen molar-refractivity contribution in [3.05, 3.63) is 62.7 Å². The van der Waals surface area contributed by atoms with E-state index in [9.17, 15) is 4.79 Å². The number of Topliss-reactive ketones (excluding diaryl/α,β-unsaturated/α-hetero) is 1. The number of rotatable bonds is 4. The molecule has 0 aliphatic heterocycles. The molecule has 20 heavy (non-hydrogen) atoms. The van der Waals surface area contributed by atoms with Gasteiger partial charge in [-0.3, -0.25) is 4.79 Å². The molecule has 0 aliphatic carbocycles. The molecule has 2 aromatic carbocycles. The highest BCUT2D eigenvalue weighted by molar-refractivity contribution is 14.1. The van der Waals surface area contributed by atoms with Gasteiger partial charge in [0.1, 0.15) is 18.4 Å². The summed E-state index contributed by atoms with van der Waals surface area (Å²) in [6.45, 7) is 1.88. The van der Waals surface area contributed by atoms with Crippen molar-refractivity contribution in [2.75, 3.05) is 0 Å². The summed E-state index contributed by atoms with van der Waals surface area (Å²) < 4.78 is 6.81. The molecule has 100 valence electrons. The van der Waals surface area contributed by atoms with Crippen LogP contribution in [0, 0.1) is 14.9 Å². The highest BCUT2D eigenvalue weighted by atomic mass is 127. The number of halogens is 1. The number of nitrogens with zero attached hydrogens (tertiary/aromatic N) is 1. The van der Waals surface area contributed by atoms with Gasteiger partial charge < -0.3 is 4.74 Å².